The summed E-state index contributed by atoms with van der Waals surface area (Å²) in [4.78, 5) is 60.8. The van der Waals surface area contributed by atoms with Crippen molar-refractivity contribution in [2.75, 3.05) is 11.9 Å². The number of hydrogen-bond acceptors (Lipinski definition) is 8. The normalized spacial score (nSPS) is 15.9. The minimum atomic E-state index is -1.21. The molecule has 1 saturated heterocycles. The van der Waals surface area contributed by atoms with Crippen LogP contribution in [0.5, 0.6) is 5.75 Å². The van der Waals surface area contributed by atoms with Crippen LogP contribution in [0.4, 0.5) is 15.3 Å². The van der Waals surface area contributed by atoms with E-state index in [0.717, 1.165) is 0 Å². The summed E-state index contributed by atoms with van der Waals surface area (Å²) >= 11 is 6.30. The van der Waals surface area contributed by atoms with Gasteiger partial charge in [-0.25, -0.2) is 25.3 Å². The Hall–Kier alpha value is -4.03. The molecule has 2 aromatic rings. The van der Waals surface area contributed by atoms with E-state index in [2.05, 4.69) is 10.5 Å². The Bertz CT molecular complexity index is 1140. The second kappa shape index (κ2) is 10.9. The molecular formula is C22H23ClN6O6. The van der Waals surface area contributed by atoms with Crippen LogP contribution in [0, 0.1) is 4.91 Å². The Kier molecular flexibility index (Phi) is 7.99. The summed E-state index contributed by atoms with van der Waals surface area (Å²) in [7, 11) is 0. The lowest BCUT2D eigenvalue weighted by Crippen LogP contribution is -2.70. The van der Waals surface area contributed by atoms with E-state index < -0.39 is 30.8 Å². The molecule has 2 aromatic carbocycles. The van der Waals surface area contributed by atoms with Crippen LogP contribution in [0.15, 0.2) is 47.6 Å². The van der Waals surface area contributed by atoms with Gasteiger partial charge in [0.25, 0.3) is 0 Å². The Balaban J connectivity index is 1.93. The maximum atomic E-state index is 13.2. The molecule has 0 aliphatic carbocycles. The molecule has 0 radical (unpaired) electrons. The highest BCUT2D eigenvalue weighted by Gasteiger charge is 2.44. The van der Waals surface area contributed by atoms with Crippen molar-refractivity contribution >= 4 is 41.5 Å². The first-order chi connectivity index (χ1) is 16.6. The van der Waals surface area contributed by atoms with Crippen molar-refractivity contribution in [1.82, 2.24) is 14.8 Å². The van der Waals surface area contributed by atoms with Crippen LogP contribution in [-0.2, 0) is 11.3 Å². The SMILES string of the molecule is CC(C)Oc1ccc(NC2N(N)C(=O)N(CC(=O)N=O)C(=O)N2Cc2ccc(C=O)cc2)cc1Cl. The molecule has 0 bridgehead atoms. The fraction of sp³-hybridized carbons (Fsp3) is 0.273. The Morgan fingerprint density at radius 2 is 1.89 bits per heavy atom. The number of urea groups is 2. The molecule has 5 amide bonds. The van der Waals surface area contributed by atoms with E-state index in [-0.39, 0.29) is 12.6 Å². The molecule has 1 unspecified atom stereocenters. The number of amides is 5. The van der Waals surface area contributed by atoms with Crippen LogP contribution in [0.3, 0.4) is 0 Å². The quantitative estimate of drug-likeness (QED) is 0.229. The zero-order valence-electron chi connectivity index (χ0n) is 18.9. The van der Waals surface area contributed by atoms with Crippen LogP contribution in [0.1, 0.15) is 29.8 Å². The van der Waals surface area contributed by atoms with Crippen molar-refractivity contribution in [1.29, 1.82) is 0 Å². The number of ether oxygens (including phenoxy) is 1. The van der Waals surface area contributed by atoms with Gasteiger partial charge in [0.2, 0.25) is 6.29 Å². The van der Waals surface area contributed by atoms with E-state index in [0.29, 0.717) is 43.8 Å². The van der Waals surface area contributed by atoms with Gasteiger partial charge in [0.1, 0.15) is 18.6 Å². The maximum Gasteiger partial charge on any atom is 0.346 e. The highest BCUT2D eigenvalue weighted by atomic mass is 35.5. The minimum absolute atomic E-state index is 0.0574. The third-order valence-corrected chi connectivity index (χ3v) is 5.24. The summed E-state index contributed by atoms with van der Waals surface area (Å²) in [6.07, 6.45) is -0.615. The Labute approximate surface area is 205 Å². The number of hydrogen-bond donors (Lipinski definition) is 2. The van der Waals surface area contributed by atoms with E-state index >= 15 is 0 Å². The summed E-state index contributed by atoms with van der Waals surface area (Å²) in [5, 5.41) is 6.23. The Morgan fingerprint density at radius 1 is 1.20 bits per heavy atom. The first kappa shape index (κ1) is 25.6. The molecule has 1 aliphatic rings. The lowest BCUT2D eigenvalue weighted by atomic mass is 10.1. The standard InChI is InChI=1S/C22H23ClN6O6/c1-13(2)35-18-8-7-16(9-17(18)23)25-20-27(10-14-3-5-15(12-30)6-4-14)21(32)28(11-19(31)26-34)22(33)29(20)24/h3-9,12-13,20,25H,10-11,24H2,1-2H3. The van der Waals surface area contributed by atoms with Crippen LogP contribution >= 0.6 is 11.6 Å². The highest BCUT2D eigenvalue weighted by molar-refractivity contribution is 6.32. The molecule has 12 nitrogen and oxygen atoms in total. The molecule has 0 aromatic heterocycles. The van der Waals surface area contributed by atoms with Crippen LogP contribution in [-0.4, -0.2) is 58.0 Å². The largest absolute Gasteiger partial charge is 0.489 e. The summed E-state index contributed by atoms with van der Waals surface area (Å²) < 4.78 is 5.61. The fourth-order valence-electron chi connectivity index (χ4n) is 3.32. The summed E-state index contributed by atoms with van der Waals surface area (Å²) in [6, 6.07) is 9.30. The molecule has 3 rings (SSSR count). The van der Waals surface area contributed by atoms with Crippen molar-refractivity contribution in [2.45, 2.75) is 32.8 Å². The number of nitrogens with one attached hydrogen (secondary N) is 1. The van der Waals surface area contributed by atoms with Gasteiger partial charge in [-0.2, -0.15) is 0 Å². The van der Waals surface area contributed by atoms with Crippen molar-refractivity contribution in [3.63, 3.8) is 0 Å². The predicted octanol–water partition coefficient (Wildman–Crippen LogP) is 3.16. The molecule has 1 heterocycles. The van der Waals surface area contributed by atoms with Gasteiger partial charge >= 0.3 is 18.0 Å². The van der Waals surface area contributed by atoms with Gasteiger partial charge in [-0.05, 0) is 37.6 Å². The topological polar surface area (TPSA) is 155 Å². The minimum Gasteiger partial charge on any atom is -0.489 e. The molecule has 184 valence electrons. The second-order valence-corrected chi connectivity index (χ2v) is 8.27. The second-order valence-electron chi connectivity index (χ2n) is 7.86. The fourth-order valence-corrected chi connectivity index (χ4v) is 3.55. The molecule has 1 atom stereocenters. The van der Waals surface area contributed by atoms with Crippen molar-refractivity contribution < 1.29 is 23.9 Å². The van der Waals surface area contributed by atoms with Gasteiger partial charge in [0.05, 0.1) is 17.7 Å². The third kappa shape index (κ3) is 5.91. The molecule has 0 saturated carbocycles. The van der Waals surface area contributed by atoms with E-state index in [9.17, 15) is 24.1 Å². The van der Waals surface area contributed by atoms with Crippen molar-refractivity contribution in [3.05, 3.63) is 63.5 Å². The first-order valence-electron chi connectivity index (χ1n) is 10.4. The molecule has 3 N–H and O–H groups in total. The van der Waals surface area contributed by atoms with Gasteiger partial charge < -0.3 is 10.1 Å². The van der Waals surface area contributed by atoms with Crippen molar-refractivity contribution in [3.8, 4) is 5.75 Å². The van der Waals surface area contributed by atoms with Crippen LogP contribution in [0.25, 0.3) is 0 Å². The smallest absolute Gasteiger partial charge is 0.346 e. The average molecular weight is 503 g/mol. The number of hydrazine groups is 1. The van der Waals surface area contributed by atoms with Crippen molar-refractivity contribution in [2.24, 2.45) is 11.0 Å². The molecule has 1 fully saturated rings. The monoisotopic (exact) mass is 502 g/mol. The van der Waals surface area contributed by atoms with Gasteiger partial charge in [-0.3, -0.25) is 14.5 Å². The first-order valence-corrected chi connectivity index (χ1v) is 10.8. The van der Waals surface area contributed by atoms with Crippen LogP contribution < -0.4 is 15.9 Å². The highest BCUT2D eigenvalue weighted by Crippen LogP contribution is 2.30. The zero-order chi connectivity index (χ0) is 25.7. The molecular weight excluding hydrogens is 480 g/mol. The molecule has 35 heavy (non-hydrogen) atoms. The number of halogens is 1. The summed E-state index contributed by atoms with van der Waals surface area (Å²) in [5.74, 6) is 5.26. The number of anilines is 1. The molecule has 1 aliphatic heterocycles. The van der Waals surface area contributed by atoms with Gasteiger partial charge in [0.15, 0.2) is 0 Å². The number of carbonyl (C=O) groups is 4. The number of nitrogens with zero attached hydrogens (tertiary/aromatic N) is 4. The van der Waals surface area contributed by atoms with Gasteiger partial charge in [-0.1, -0.05) is 35.9 Å². The van der Waals surface area contributed by atoms with Gasteiger partial charge in [-0.15, -0.1) is 4.91 Å². The zero-order valence-corrected chi connectivity index (χ0v) is 19.6. The van der Waals surface area contributed by atoms with E-state index in [1.54, 1.807) is 42.5 Å². The number of aldehydes is 1. The summed E-state index contributed by atoms with van der Waals surface area (Å²) in [5.41, 5.74) is 1.47. The maximum absolute atomic E-state index is 13.2. The average Bonchev–Trinajstić information content (AvgIpc) is 2.84. The molecule has 13 heteroatoms. The Morgan fingerprint density at radius 3 is 2.46 bits per heavy atom. The lowest BCUT2D eigenvalue weighted by molar-refractivity contribution is -0.118. The predicted molar refractivity (Wildman–Crippen MR) is 126 cm³/mol. The number of imide groups is 1. The summed E-state index contributed by atoms with van der Waals surface area (Å²) in [6.45, 7) is 2.78. The third-order valence-electron chi connectivity index (χ3n) is 4.94. The number of benzene rings is 2. The van der Waals surface area contributed by atoms with Gasteiger partial charge in [0, 0.05) is 16.4 Å². The number of carbonyl (C=O) groups excluding carboxylic acids is 4. The number of rotatable bonds is 9. The van der Waals surface area contributed by atoms with Crippen LogP contribution in [0.2, 0.25) is 5.02 Å². The van der Waals surface area contributed by atoms with E-state index in [1.807, 2.05) is 13.8 Å². The number of nitrogens with two attached hydrogens (primary N) is 1. The number of nitroso groups, excluding NO2 is 1. The molecule has 0 spiro atoms. The van der Waals surface area contributed by atoms with E-state index in [4.69, 9.17) is 22.2 Å². The van der Waals surface area contributed by atoms with E-state index in [1.165, 1.54) is 4.90 Å². The lowest BCUT2D eigenvalue weighted by Gasteiger charge is -2.45.